The number of hydrogen-bond donors (Lipinski definition) is 1. The van der Waals surface area contributed by atoms with Gasteiger partial charge in [-0.1, -0.05) is 19.1 Å². The van der Waals surface area contributed by atoms with Gasteiger partial charge in [-0.2, -0.15) is 0 Å². The Labute approximate surface area is 144 Å². The van der Waals surface area contributed by atoms with Gasteiger partial charge in [0.05, 0.1) is 0 Å². The van der Waals surface area contributed by atoms with Gasteiger partial charge in [0, 0.05) is 32.2 Å². The molecule has 5 heteroatoms. The second-order valence-electron chi connectivity index (χ2n) is 7.27. The highest BCUT2D eigenvalue weighted by molar-refractivity contribution is 5.74. The van der Waals surface area contributed by atoms with E-state index in [1.807, 2.05) is 4.90 Å². The first kappa shape index (κ1) is 17.2. The average Bonchev–Trinajstić information content (AvgIpc) is 3.39. The Bertz CT molecular complexity index is 544. The molecular formula is C19H28FN3O. The first-order chi connectivity index (χ1) is 11.6. The number of benzene rings is 1. The predicted octanol–water partition coefficient (Wildman–Crippen LogP) is 3.23. The van der Waals surface area contributed by atoms with Gasteiger partial charge in [0.15, 0.2) is 0 Å². The third kappa shape index (κ3) is 4.94. The van der Waals surface area contributed by atoms with Crippen LogP contribution in [0.25, 0.3) is 0 Å². The van der Waals surface area contributed by atoms with Gasteiger partial charge in [0.25, 0.3) is 0 Å². The van der Waals surface area contributed by atoms with Crippen LogP contribution in [0, 0.1) is 11.7 Å². The van der Waals surface area contributed by atoms with E-state index >= 15 is 0 Å². The van der Waals surface area contributed by atoms with Crippen molar-refractivity contribution >= 4 is 6.03 Å². The number of rotatable bonds is 6. The Morgan fingerprint density at radius 1 is 1.29 bits per heavy atom. The average molecular weight is 333 g/mol. The van der Waals surface area contributed by atoms with Crippen LogP contribution in [-0.4, -0.2) is 48.1 Å². The maximum Gasteiger partial charge on any atom is 0.317 e. The third-order valence-electron chi connectivity index (χ3n) is 4.96. The van der Waals surface area contributed by atoms with Crippen molar-refractivity contribution in [2.75, 3.05) is 26.2 Å². The molecule has 1 aromatic rings. The molecule has 24 heavy (non-hydrogen) atoms. The van der Waals surface area contributed by atoms with E-state index in [-0.39, 0.29) is 11.8 Å². The minimum atomic E-state index is -0.239. The fourth-order valence-electron chi connectivity index (χ4n) is 3.45. The van der Waals surface area contributed by atoms with Gasteiger partial charge >= 0.3 is 6.03 Å². The molecule has 1 unspecified atom stereocenters. The summed E-state index contributed by atoms with van der Waals surface area (Å²) in [6.07, 6.45) is 4.71. The van der Waals surface area contributed by atoms with Crippen LogP contribution in [0.15, 0.2) is 24.3 Å². The van der Waals surface area contributed by atoms with E-state index < -0.39 is 0 Å². The fraction of sp³-hybridized carbons (Fsp3) is 0.632. The fourth-order valence-corrected chi connectivity index (χ4v) is 3.45. The predicted molar refractivity (Wildman–Crippen MR) is 93.2 cm³/mol. The summed E-state index contributed by atoms with van der Waals surface area (Å²) in [7, 11) is 0. The van der Waals surface area contributed by atoms with E-state index in [2.05, 4.69) is 17.1 Å². The molecule has 132 valence electrons. The Hall–Kier alpha value is -1.62. The number of nitrogens with one attached hydrogen (secondary N) is 1. The molecule has 1 atom stereocenters. The van der Waals surface area contributed by atoms with Gasteiger partial charge in [-0.3, -0.25) is 0 Å². The highest BCUT2D eigenvalue weighted by atomic mass is 19.1. The zero-order chi connectivity index (χ0) is 16.9. The smallest absolute Gasteiger partial charge is 0.317 e. The largest absolute Gasteiger partial charge is 0.337 e. The van der Waals surface area contributed by atoms with Crippen molar-refractivity contribution in [2.45, 2.75) is 45.2 Å². The minimum absolute atomic E-state index is 0.00637. The number of nitrogens with zero attached hydrogens (tertiary/aromatic N) is 2. The lowest BCUT2D eigenvalue weighted by Gasteiger charge is -2.31. The standard InChI is InChI=1S/C19H28FN3O/c1-15-3-2-11-22(13-15)12-10-21-19(24)23(18-8-9-18)14-16-4-6-17(20)7-5-16/h4-7,15,18H,2-3,8-14H2,1H3,(H,21,24). The van der Waals surface area contributed by atoms with Gasteiger partial charge in [-0.05, 0) is 55.8 Å². The Morgan fingerprint density at radius 2 is 2.04 bits per heavy atom. The van der Waals surface area contributed by atoms with Gasteiger partial charge < -0.3 is 15.1 Å². The van der Waals surface area contributed by atoms with E-state index in [4.69, 9.17) is 0 Å². The molecule has 0 bridgehead atoms. The van der Waals surface area contributed by atoms with Crippen LogP contribution in [0.4, 0.5) is 9.18 Å². The monoisotopic (exact) mass is 333 g/mol. The summed E-state index contributed by atoms with van der Waals surface area (Å²) in [5.41, 5.74) is 0.975. The quantitative estimate of drug-likeness (QED) is 0.867. The second kappa shape index (κ2) is 7.97. The summed E-state index contributed by atoms with van der Waals surface area (Å²) in [6.45, 7) is 6.74. The lowest BCUT2D eigenvalue weighted by Crippen LogP contribution is -2.45. The normalized spacial score (nSPS) is 21.5. The molecule has 1 heterocycles. The molecule has 1 aromatic carbocycles. The highest BCUT2D eigenvalue weighted by Crippen LogP contribution is 2.28. The van der Waals surface area contributed by atoms with Crippen LogP contribution in [0.2, 0.25) is 0 Å². The van der Waals surface area contributed by atoms with Crippen molar-refractivity contribution in [1.29, 1.82) is 0 Å². The molecular weight excluding hydrogens is 305 g/mol. The second-order valence-corrected chi connectivity index (χ2v) is 7.27. The number of halogens is 1. The summed E-state index contributed by atoms with van der Waals surface area (Å²) in [5.74, 6) is 0.521. The number of urea groups is 1. The first-order valence-corrected chi connectivity index (χ1v) is 9.13. The van der Waals surface area contributed by atoms with Gasteiger partial charge in [0.2, 0.25) is 0 Å². The molecule has 2 amide bonds. The van der Waals surface area contributed by atoms with Crippen molar-refractivity contribution in [3.8, 4) is 0 Å². The number of carbonyl (C=O) groups is 1. The SMILES string of the molecule is CC1CCCN(CCNC(=O)N(Cc2ccc(F)cc2)C2CC2)C1. The van der Waals surface area contributed by atoms with Crippen LogP contribution in [0.5, 0.6) is 0 Å². The van der Waals surface area contributed by atoms with Crippen LogP contribution in [-0.2, 0) is 6.54 Å². The molecule has 1 saturated heterocycles. The molecule has 1 aliphatic heterocycles. The van der Waals surface area contributed by atoms with E-state index in [1.165, 1.54) is 25.0 Å². The zero-order valence-electron chi connectivity index (χ0n) is 14.5. The van der Waals surface area contributed by atoms with Crippen LogP contribution in [0.1, 0.15) is 38.2 Å². The summed E-state index contributed by atoms with van der Waals surface area (Å²) in [4.78, 5) is 16.9. The van der Waals surface area contributed by atoms with Gasteiger partial charge in [-0.15, -0.1) is 0 Å². The molecule has 2 aliphatic rings. The molecule has 0 aromatic heterocycles. The van der Waals surface area contributed by atoms with E-state index in [9.17, 15) is 9.18 Å². The molecule has 2 fully saturated rings. The number of likely N-dealkylation sites (tertiary alicyclic amines) is 1. The minimum Gasteiger partial charge on any atom is -0.337 e. The molecule has 0 spiro atoms. The number of amides is 2. The van der Waals surface area contributed by atoms with E-state index in [0.29, 0.717) is 19.1 Å². The molecule has 1 N–H and O–H groups in total. The van der Waals surface area contributed by atoms with Crippen molar-refractivity contribution in [3.05, 3.63) is 35.6 Å². The summed E-state index contributed by atoms with van der Waals surface area (Å²) >= 11 is 0. The summed E-state index contributed by atoms with van der Waals surface area (Å²) in [5, 5.41) is 3.07. The Morgan fingerprint density at radius 3 is 2.71 bits per heavy atom. The molecule has 4 nitrogen and oxygen atoms in total. The van der Waals surface area contributed by atoms with Crippen molar-refractivity contribution < 1.29 is 9.18 Å². The zero-order valence-corrected chi connectivity index (χ0v) is 14.5. The molecule has 1 saturated carbocycles. The Kier molecular flexibility index (Phi) is 5.72. The van der Waals surface area contributed by atoms with Gasteiger partial charge in [0.1, 0.15) is 5.82 Å². The first-order valence-electron chi connectivity index (χ1n) is 9.13. The van der Waals surface area contributed by atoms with Crippen LogP contribution >= 0.6 is 0 Å². The lowest BCUT2D eigenvalue weighted by molar-refractivity contribution is 0.174. The number of piperidine rings is 1. The molecule has 3 rings (SSSR count). The highest BCUT2D eigenvalue weighted by Gasteiger charge is 2.32. The van der Waals surface area contributed by atoms with Crippen LogP contribution < -0.4 is 5.32 Å². The molecule has 0 radical (unpaired) electrons. The maximum atomic E-state index is 13.0. The van der Waals surface area contributed by atoms with Crippen molar-refractivity contribution in [3.63, 3.8) is 0 Å². The van der Waals surface area contributed by atoms with Crippen molar-refractivity contribution in [2.24, 2.45) is 5.92 Å². The molecule has 1 aliphatic carbocycles. The third-order valence-corrected chi connectivity index (χ3v) is 4.96. The van der Waals surface area contributed by atoms with E-state index in [0.717, 1.165) is 44.0 Å². The maximum absolute atomic E-state index is 13.0. The number of carbonyl (C=O) groups excluding carboxylic acids is 1. The lowest BCUT2D eigenvalue weighted by atomic mass is 10.0. The van der Waals surface area contributed by atoms with E-state index in [1.54, 1.807) is 12.1 Å². The van der Waals surface area contributed by atoms with Crippen molar-refractivity contribution in [1.82, 2.24) is 15.1 Å². The Balaban J connectivity index is 1.46. The number of hydrogen-bond acceptors (Lipinski definition) is 2. The van der Waals surface area contributed by atoms with Crippen LogP contribution in [0.3, 0.4) is 0 Å². The summed E-state index contributed by atoms with van der Waals surface area (Å²) < 4.78 is 13.0. The van der Waals surface area contributed by atoms with Gasteiger partial charge in [-0.25, -0.2) is 9.18 Å². The summed E-state index contributed by atoms with van der Waals surface area (Å²) in [6, 6.07) is 6.77. The topological polar surface area (TPSA) is 35.6 Å².